The van der Waals surface area contributed by atoms with Gasteiger partial charge in [-0.3, -0.25) is 9.69 Å². The predicted molar refractivity (Wildman–Crippen MR) is 114 cm³/mol. The van der Waals surface area contributed by atoms with Crippen LogP contribution in [0, 0.1) is 6.92 Å². The van der Waals surface area contributed by atoms with Gasteiger partial charge in [0.2, 0.25) is 5.91 Å². The van der Waals surface area contributed by atoms with E-state index in [0.717, 1.165) is 63.1 Å². The number of benzene rings is 1. The van der Waals surface area contributed by atoms with Crippen molar-refractivity contribution in [1.82, 2.24) is 9.80 Å². The zero-order valence-corrected chi connectivity index (χ0v) is 17.8. The Bertz CT molecular complexity index is 956. The van der Waals surface area contributed by atoms with Crippen LogP contribution in [-0.2, 0) is 16.0 Å². The normalized spacial score (nSPS) is 20.1. The molecule has 30 heavy (non-hydrogen) atoms. The fourth-order valence-electron chi connectivity index (χ4n) is 4.44. The van der Waals surface area contributed by atoms with Crippen LogP contribution in [0.15, 0.2) is 27.4 Å². The van der Waals surface area contributed by atoms with Crippen molar-refractivity contribution in [3.63, 3.8) is 0 Å². The Balaban J connectivity index is 1.35. The van der Waals surface area contributed by atoms with Crippen LogP contribution in [0.2, 0.25) is 0 Å². The van der Waals surface area contributed by atoms with Crippen LogP contribution in [0.3, 0.4) is 0 Å². The van der Waals surface area contributed by atoms with Crippen molar-refractivity contribution in [2.75, 3.05) is 46.4 Å². The molecule has 0 bridgehead atoms. The number of aryl methyl sites for hydroxylation is 1. The number of piperazine rings is 1. The van der Waals surface area contributed by atoms with Gasteiger partial charge in [0, 0.05) is 62.8 Å². The van der Waals surface area contributed by atoms with E-state index in [0.29, 0.717) is 35.8 Å². The summed E-state index contributed by atoms with van der Waals surface area (Å²) in [5.74, 6) is 0.743. The third-order valence-corrected chi connectivity index (χ3v) is 6.29. The van der Waals surface area contributed by atoms with E-state index in [9.17, 15) is 9.59 Å². The van der Waals surface area contributed by atoms with Crippen LogP contribution in [0.1, 0.15) is 30.4 Å². The van der Waals surface area contributed by atoms with Gasteiger partial charge in [0.15, 0.2) is 0 Å². The SMILES string of the molecule is COc1ccc2c(C)c(CCC(=O)N3CCN(CC4CCCO4)CC3)c(=O)oc2c1. The van der Waals surface area contributed by atoms with Crippen LogP contribution in [0.4, 0.5) is 0 Å². The maximum Gasteiger partial charge on any atom is 0.339 e. The van der Waals surface area contributed by atoms with E-state index in [4.69, 9.17) is 13.9 Å². The minimum Gasteiger partial charge on any atom is -0.497 e. The summed E-state index contributed by atoms with van der Waals surface area (Å²) < 4.78 is 16.4. The topological polar surface area (TPSA) is 72.2 Å². The molecular weight excluding hydrogens is 384 g/mol. The fraction of sp³-hybridized carbons (Fsp3) is 0.565. The highest BCUT2D eigenvalue weighted by atomic mass is 16.5. The Hall–Kier alpha value is -2.38. The quantitative estimate of drug-likeness (QED) is 0.676. The number of ether oxygens (including phenoxy) is 2. The molecule has 0 radical (unpaired) electrons. The Morgan fingerprint density at radius 2 is 2.03 bits per heavy atom. The molecule has 1 amide bonds. The Labute approximate surface area is 176 Å². The first-order valence-corrected chi connectivity index (χ1v) is 10.8. The Morgan fingerprint density at radius 3 is 2.73 bits per heavy atom. The molecule has 0 spiro atoms. The number of methoxy groups -OCH3 is 1. The van der Waals surface area contributed by atoms with E-state index in [-0.39, 0.29) is 11.5 Å². The molecule has 7 nitrogen and oxygen atoms in total. The van der Waals surface area contributed by atoms with Crippen LogP contribution >= 0.6 is 0 Å². The van der Waals surface area contributed by atoms with E-state index in [2.05, 4.69) is 4.90 Å². The summed E-state index contributed by atoms with van der Waals surface area (Å²) in [6.07, 6.45) is 3.35. The lowest BCUT2D eigenvalue weighted by molar-refractivity contribution is -0.133. The maximum absolute atomic E-state index is 12.7. The lowest BCUT2D eigenvalue weighted by Gasteiger charge is -2.35. The lowest BCUT2D eigenvalue weighted by Crippen LogP contribution is -2.50. The summed E-state index contributed by atoms with van der Waals surface area (Å²) >= 11 is 0. The smallest absolute Gasteiger partial charge is 0.339 e. The Morgan fingerprint density at radius 1 is 1.23 bits per heavy atom. The van der Waals surface area contributed by atoms with Crippen LogP contribution in [0.5, 0.6) is 5.75 Å². The minimum absolute atomic E-state index is 0.0976. The Kier molecular flexibility index (Phi) is 6.39. The van der Waals surface area contributed by atoms with Gasteiger partial charge >= 0.3 is 5.63 Å². The number of carbonyl (C=O) groups excluding carboxylic acids is 1. The van der Waals surface area contributed by atoms with E-state index in [1.807, 2.05) is 24.0 Å². The maximum atomic E-state index is 12.7. The third kappa shape index (κ3) is 4.52. The average Bonchev–Trinajstić information content (AvgIpc) is 3.26. The van der Waals surface area contributed by atoms with E-state index in [1.165, 1.54) is 0 Å². The fourth-order valence-corrected chi connectivity index (χ4v) is 4.44. The van der Waals surface area contributed by atoms with E-state index in [1.54, 1.807) is 13.2 Å². The number of amides is 1. The molecule has 2 fully saturated rings. The second kappa shape index (κ2) is 9.18. The van der Waals surface area contributed by atoms with Gasteiger partial charge in [-0.1, -0.05) is 0 Å². The summed E-state index contributed by atoms with van der Waals surface area (Å²) in [7, 11) is 1.58. The molecular formula is C23H30N2O5. The number of nitrogens with zero attached hydrogens (tertiary/aromatic N) is 2. The molecule has 162 valence electrons. The van der Waals surface area contributed by atoms with Gasteiger partial charge in [0.25, 0.3) is 0 Å². The third-order valence-electron chi connectivity index (χ3n) is 6.29. The highest BCUT2D eigenvalue weighted by molar-refractivity contribution is 5.82. The van der Waals surface area contributed by atoms with Crippen molar-refractivity contribution in [2.24, 2.45) is 0 Å². The molecule has 7 heteroatoms. The van der Waals surface area contributed by atoms with E-state index < -0.39 is 0 Å². The molecule has 0 saturated carbocycles. The lowest BCUT2D eigenvalue weighted by atomic mass is 10.0. The van der Waals surface area contributed by atoms with Crippen molar-refractivity contribution >= 4 is 16.9 Å². The van der Waals surface area contributed by atoms with Gasteiger partial charge < -0.3 is 18.8 Å². The summed E-state index contributed by atoms with van der Waals surface area (Å²) in [6.45, 7) is 6.97. The second-order valence-corrected chi connectivity index (χ2v) is 8.17. The zero-order valence-electron chi connectivity index (χ0n) is 17.8. The molecule has 0 aliphatic carbocycles. The highest BCUT2D eigenvalue weighted by Gasteiger charge is 2.25. The van der Waals surface area contributed by atoms with Gasteiger partial charge in [-0.25, -0.2) is 4.79 Å². The predicted octanol–water partition coefficient (Wildman–Crippen LogP) is 2.37. The number of rotatable bonds is 6. The molecule has 2 saturated heterocycles. The number of hydrogen-bond acceptors (Lipinski definition) is 6. The van der Waals surface area contributed by atoms with Crippen LogP contribution in [0.25, 0.3) is 11.0 Å². The molecule has 1 aromatic carbocycles. The van der Waals surface area contributed by atoms with Crippen LogP contribution < -0.4 is 10.4 Å². The molecule has 2 aliphatic rings. The standard InChI is InChI=1S/C23H30N2O5/c1-16-19-6-5-17(28-2)14-21(19)30-23(27)20(16)7-8-22(26)25-11-9-24(10-12-25)15-18-4-3-13-29-18/h5-6,14,18H,3-4,7-13,15H2,1-2H3. The average molecular weight is 415 g/mol. The molecule has 0 N–H and O–H groups in total. The first-order valence-electron chi connectivity index (χ1n) is 10.8. The first-order chi connectivity index (χ1) is 14.5. The molecule has 1 aromatic heterocycles. The molecule has 4 rings (SSSR count). The van der Waals surface area contributed by atoms with Crippen molar-refractivity contribution < 1.29 is 18.7 Å². The number of hydrogen-bond donors (Lipinski definition) is 0. The van der Waals surface area contributed by atoms with Gasteiger partial charge in [-0.05, 0) is 43.9 Å². The molecule has 1 atom stereocenters. The van der Waals surface area contributed by atoms with E-state index >= 15 is 0 Å². The highest BCUT2D eigenvalue weighted by Crippen LogP contribution is 2.24. The molecule has 2 aliphatic heterocycles. The van der Waals surface area contributed by atoms with Gasteiger partial charge in [-0.2, -0.15) is 0 Å². The first kappa shape index (κ1) is 20.9. The van der Waals surface area contributed by atoms with Crippen molar-refractivity contribution in [3.8, 4) is 5.75 Å². The van der Waals surface area contributed by atoms with Gasteiger partial charge in [0.1, 0.15) is 11.3 Å². The van der Waals surface area contributed by atoms with Gasteiger partial charge in [0.05, 0.1) is 13.2 Å². The number of carbonyl (C=O) groups is 1. The number of fused-ring (bicyclic) bond motifs is 1. The van der Waals surface area contributed by atoms with Crippen molar-refractivity contribution in [3.05, 3.63) is 39.7 Å². The van der Waals surface area contributed by atoms with Gasteiger partial charge in [-0.15, -0.1) is 0 Å². The molecule has 3 heterocycles. The summed E-state index contributed by atoms with van der Waals surface area (Å²) in [4.78, 5) is 29.5. The minimum atomic E-state index is -0.373. The summed E-state index contributed by atoms with van der Waals surface area (Å²) in [6, 6.07) is 5.46. The largest absolute Gasteiger partial charge is 0.497 e. The second-order valence-electron chi connectivity index (χ2n) is 8.17. The summed E-state index contributed by atoms with van der Waals surface area (Å²) in [5.41, 5.74) is 1.59. The van der Waals surface area contributed by atoms with Crippen molar-refractivity contribution in [1.29, 1.82) is 0 Å². The summed E-state index contributed by atoms with van der Waals surface area (Å²) in [5, 5.41) is 0.876. The van der Waals surface area contributed by atoms with Crippen LogP contribution in [-0.4, -0.2) is 68.3 Å². The monoisotopic (exact) mass is 414 g/mol. The molecule has 2 aromatic rings. The molecule has 1 unspecified atom stereocenters. The van der Waals surface area contributed by atoms with Crippen molar-refractivity contribution in [2.45, 2.75) is 38.7 Å². The zero-order chi connectivity index (χ0) is 21.1.